The largest absolute Gasteiger partial charge is 0.465 e. The molecular weight excluding hydrogens is 573 g/mol. The number of aryl methyl sites for hydroxylation is 1. The lowest BCUT2D eigenvalue weighted by molar-refractivity contribution is -0.384. The third-order valence-corrected chi connectivity index (χ3v) is 9.55. The van der Waals surface area contributed by atoms with Crippen LogP contribution in [0.4, 0.5) is 11.4 Å². The van der Waals surface area contributed by atoms with Crippen LogP contribution in [-0.4, -0.2) is 47.4 Å². The SMILES string of the molecule is COC(=O)C1=C(C(=O)OC)SC(=C2C(=S)C(C)(C)N(C(=O)/C=C/c3ccc([N+](=O)[O-])cc3)c3cc(C)ccc32)S1. The van der Waals surface area contributed by atoms with Crippen LogP contribution < -0.4 is 4.90 Å². The Labute approximate surface area is 244 Å². The summed E-state index contributed by atoms with van der Waals surface area (Å²) in [4.78, 5) is 51.4. The fraction of sp³-hybridized carbons (Fsp3) is 0.214. The summed E-state index contributed by atoms with van der Waals surface area (Å²) in [6.45, 7) is 5.58. The quantitative estimate of drug-likeness (QED) is 0.137. The Morgan fingerprint density at radius 2 is 1.57 bits per heavy atom. The zero-order valence-electron chi connectivity index (χ0n) is 22.2. The second-order valence-electron chi connectivity index (χ2n) is 9.27. The average molecular weight is 597 g/mol. The Kier molecular flexibility index (Phi) is 8.33. The minimum absolute atomic E-state index is 0.0428. The highest BCUT2D eigenvalue weighted by Crippen LogP contribution is 2.56. The lowest BCUT2D eigenvalue weighted by atomic mass is 9.83. The van der Waals surface area contributed by atoms with Crippen molar-refractivity contribution in [3.8, 4) is 0 Å². The molecule has 0 spiro atoms. The van der Waals surface area contributed by atoms with Crippen LogP contribution >= 0.6 is 35.7 Å². The number of nitrogens with zero attached hydrogens (tertiary/aromatic N) is 2. The molecule has 2 heterocycles. The number of anilines is 1. The highest BCUT2D eigenvalue weighted by molar-refractivity contribution is 8.29. The molecule has 2 aromatic carbocycles. The van der Waals surface area contributed by atoms with E-state index in [-0.39, 0.29) is 21.4 Å². The summed E-state index contributed by atoms with van der Waals surface area (Å²) in [5, 5.41) is 10.9. The fourth-order valence-corrected chi connectivity index (χ4v) is 7.30. The van der Waals surface area contributed by atoms with E-state index in [1.54, 1.807) is 23.1 Å². The van der Waals surface area contributed by atoms with E-state index in [9.17, 15) is 24.5 Å². The Balaban J connectivity index is 1.79. The molecule has 0 saturated carbocycles. The maximum Gasteiger partial charge on any atom is 0.346 e. The average Bonchev–Trinajstić information content (AvgIpc) is 3.37. The van der Waals surface area contributed by atoms with Crippen molar-refractivity contribution in [2.24, 2.45) is 0 Å². The molecule has 9 nitrogen and oxygen atoms in total. The molecule has 0 saturated heterocycles. The zero-order chi connectivity index (χ0) is 29.4. The minimum atomic E-state index is -0.976. The van der Waals surface area contributed by atoms with Gasteiger partial charge in [-0.15, -0.1) is 0 Å². The summed E-state index contributed by atoms with van der Waals surface area (Å²) in [7, 11) is 2.47. The Morgan fingerprint density at radius 1 is 1.00 bits per heavy atom. The summed E-state index contributed by atoms with van der Waals surface area (Å²) in [6.07, 6.45) is 2.99. The minimum Gasteiger partial charge on any atom is -0.465 e. The highest BCUT2D eigenvalue weighted by Gasteiger charge is 2.45. The summed E-state index contributed by atoms with van der Waals surface area (Å²) in [6, 6.07) is 11.5. The van der Waals surface area contributed by atoms with Crippen LogP contribution in [0.3, 0.4) is 0 Å². The van der Waals surface area contributed by atoms with E-state index < -0.39 is 22.4 Å². The maximum absolute atomic E-state index is 13.7. The molecular formula is C28H24N2O7S3. The second kappa shape index (κ2) is 11.4. The first-order valence-electron chi connectivity index (χ1n) is 11.8. The topological polar surface area (TPSA) is 116 Å². The lowest BCUT2D eigenvalue weighted by Crippen LogP contribution is -2.55. The number of methoxy groups -OCH3 is 2. The molecule has 206 valence electrons. The van der Waals surface area contributed by atoms with Gasteiger partial charge in [-0.05, 0) is 56.2 Å². The number of benzene rings is 2. The van der Waals surface area contributed by atoms with Crippen molar-refractivity contribution in [1.82, 2.24) is 0 Å². The number of thiocarbonyl (C=S) groups is 1. The molecule has 0 atom stereocenters. The molecule has 0 aromatic heterocycles. The van der Waals surface area contributed by atoms with E-state index in [1.807, 2.05) is 39.0 Å². The first kappa shape index (κ1) is 29.2. The van der Waals surface area contributed by atoms with Crippen molar-refractivity contribution >= 4 is 81.5 Å². The number of carbonyl (C=O) groups excluding carboxylic acids is 3. The lowest BCUT2D eigenvalue weighted by Gasteiger charge is -2.45. The van der Waals surface area contributed by atoms with Crippen molar-refractivity contribution in [3.05, 3.63) is 89.4 Å². The number of ether oxygens (including phenoxy) is 2. The molecule has 0 aliphatic carbocycles. The number of hydrogen-bond donors (Lipinski definition) is 0. The Bertz CT molecular complexity index is 1530. The van der Waals surface area contributed by atoms with Crippen LogP contribution in [-0.2, 0) is 23.9 Å². The van der Waals surface area contributed by atoms with Gasteiger partial charge in [0.25, 0.3) is 11.6 Å². The monoisotopic (exact) mass is 596 g/mol. The van der Waals surface area contributed by atoms with Gasteiger partial charge >= 0.3 is 11.9 Å². The predicted octanol–water partition coefficient (Wildman–Crippen LogP) is 5.82. The number of thioether (sulfide) groups is 2. The molecule has 12 heteroatoms. The second-order valence-corrected chi connectivity index (χ2v) is 12.0. The van der Waals surface area contributed by atoms with E-state index in [0.29, 0.717) is 31.5 Å². The van der Waals surface area contributed by atoms with Crippen molar-refractivity contribution in [1.29, 1.82) is 0 Å². The number of non-ortho nitro benzene ring substituents is 1. The van der Waals surface area contributed by atoms with Gasteiger partial charge in [-0.25, -0.2) is 9.59 Å². The van der Waals surface area contributed by atoms with Crippen molar-refractivity contribution in [3.63, 3.8) is 0 Å². The van der Waals surface area contributed by atoms with Crippen LogP contribution in [0.5, 0.6) is 0 Å². The van der Waals surface area contributed by atoms with Crippen LogP contribution in [0, 0.1) is 17.0 Å². The highest BCUT2D eigenvalue weighted by atomic mass is 32.2. The number of nitro groups is 1. The molecule has 1 amide bonds. The first-order valence-corrected chi connectivity index (χ1v) is 13.9. The normalized spacial score (nSPS) is 16.3. The molecule has 2 aromatic rings. The number of nitro benzene ring substituents is 1. The third kappa shape index (κ3) is 5.34. The molecule has 0 unspecified atom stereocenters. The number of rotatable bonds is 5. The van der Waals surface area contributed by atoms with E-state index in [4.69, 9.17) is 21.7 Å². The van der Waals surface area contributed by atoms with Crippen LogP contribution in [0.2, 0.25) is 0 Å². The predicted molar refractivity (Wildman–Crippen MR) is 161 cm³/mol. The van der Waals surface area contributed by atoms with E-state index in [1.165, 1.54) is 32.4 Å². The third-order valence-electron chi connectivity index (χ3n) is 6.29. The number of esters is 2. The van der Waals surface area contributed by atoms with E-state index in [0.717, 1.165) is 29.1 Å². The smallest absolute Gasteiger partial charge is 0.346 e. The number of amides is 1. The molecule has 40 heavy (non-hydrogen) atoms. The van der Waals surface area contributed by atoms with Crippen LogP contribution in [0.25, 0.3) is 11.6 Å². The Hall–Kier alpha value is -3.74. The van der Waals surface area contributed by atoms with Crippen molar-refractivity contribution in [2.45, 2.75) is 26.3 Å². The van der Waals surface area contributed by atoms with Gasteiger partial charge in [0.1, 0.15) is 9.81 Å². The summed E-state index contributed by atoms with van der Waals surface area (Å²) >= 11 is 8.15. The van der Waals surface area contributed by atoms with Crippen molar-refractivity contribution in [2.75, 3.05) is 19.1 Å². The first-order chi connectivity index (χ1) is 18.9. The molecule has 0 N–H and O–H groups in total. The van der Waals surface area contributed by atoms with Gasteiger partial charge < -0.3 is 9.47 Å². The Morgan fingerprint density at radius 3 is 2.10 bits per heavy atom. The van der Waals surface area contributed by atoms with E-state index >= 15 is 0 Å². The van der Waals surface area contributed by atoms with E-state index in [2.05, 4.69) is 0 Å². The van der Waals surface area contributed by atoms with Gasteiger partial charge in [-0.3, -0.25) is 19.8 Å². The summed E-state index contributed by atoms with van der Waals surface area (Å²) < 4.78 is 10.4. The summed E-state index contributed by atoms with van der Waals surface area (Å²) in [5.41, 5.74) is 2.46. The standard InChI is InChI=1S/C28H24N2O7S3/c1-15-6-12-18-19(14-15)29(20(31)13-9-16-7-10-17(11-8-16)30(34)35)28(2,3)24(38)21(18)27-39-22(25(32)36-4)23(40-27)26(33)37-5/h6-14H,1-5H3/b13-9+. The van der Waals surface area contributed by atoms with Gasteiger partial charge in [0.05, 0.1) is 39.5 Å². The van der Waals surface area contributed by atoms with Gasteiger partial charge in [-0.2, -0.15) is 0 Å². The van der Waals surface area contributed by atoms with Gasteiger partial charge in [-0.1, -0.05) is 47.9 Å². The zero-order valence-corrected chi connectivity index (χ0v) is 24.6. The number of fused-ring (bicyclic) bond motifs is 1. The summed E-state index contributed by atoms with van der Waals surface area (Å²) in [5.74, 6) is -1.66. The fourth-order valence-electron chi connectivity index (χ4n) is 4.27. The van der Waals surface area contributed by atoms with Gasteiger partial charge in [0, 0.05) is 29.3 Å². The molecule has 2 aliphatic rings. The number of carbonyl (C=O) groups is 3. The molecule has 2 aliphatic heterocycles. The molecule has 0 bridgehead atoms. The van der Waals surface area contributed by atoms with Crippen LogP contribution in [0.1, 0.15) is 30.5 Å². The van der Waals surface area contributed by atoms with Crippen LogP contribution in [0.15, 0.2) is 62.6 Å². The molecule has 0 fully saturated rings. The molecule has 0 radical (unpaired) electrons. The van der Waals surface area contributed by atoms with Crippen molar-refractivity contribution < 1.29 is 28.8 Å². The van der Waals surface area contributed by atoms with Gasteiger partial charge in [0.2, 0.25) is 0 Å². The molecule has 4 rings (SSSR count). The van der Waals surface area contributed by atoms with Gasteiger partial charge in [0.15, 0.2) is 0 Å². The number of hydrogen-bond acceptors (Lipinski definition) is 10. The maximum atomic E-state index is 13.7.